The lowest BCUT2D eigenvalue weighted by Gasteiger charge is -2.41. The Labute approximate surface area is 106 Å². The molecule has 0 radical (unpaired) electrons. The van der Waals surface area contributed by atoms with Crippen LogP contribution in [-0.2, 0) is 14.3 Å². The van der Waals surface area contributed by atoms with Crippen LogP contribution in [0.25, 0.3) is 0 Å². The Morgan fingerprint density at radius 1 is 1.44 bits per heavy atom. The Bertz CT molecular complexity index is 322. The summed E-state index contributed by atoms with van der Waals surface area (Å²) in [5.41, 5.74) is -0.509. The molecule has 1 amide bonds. The Morgan fingerprint density at radius 3 is 2.72 bits per heavy atom. The van der Waals surface area contributed by atoms with Crippen LogP contribution in [0, 0.1) is 0 Å². The van der Waals surface area contributed by atoms with E-state index in [0.717, 1.165) is 25.8 Å². The van der Waals surface area contributed by atoms with Gasteiger partial charge >= 0.3 is 5.97 Å². The van der Waals surface area contributed by atoms with Crippen molar-refractivity contribution in [3.8, 4) is 0 Å². The molecule has 6 heteroatoms. The Morgan fingerprint density at radius 2 is 2.22 bits per heavy atom. The SMILES string of the molecule is O=C(O)CC1(NC(=O)CC2CNCCO2)CCC1. The van der Waals surface area contributed by atoms with Crippen LogP contribution in [-0.4, -0.2) is 48.3 Å². The highest BCUT2D eigenvalue weighted by molar-refractivity contribution is 5.79. The number of carbonyl (C=O) groups excluding carboxylic acids is 1. The van der Waals surface area contributed by atoms with Gasteiger partial charge in [0.25, 0.3) is 0 Å². The predicted octanol–water partition coefficient (Wildman–Crippen LogP) is -0.121. The first-order valence-electron chi connectivity index (χ1n) is 6.45. The molecule has 0 aromatic heterocycles. The van der Waals surface area contributed by atoms with Crippen LogP contribution in [0.15, 0.2) is 0 Å². The highest BCUT2D eigenvalue weighted by Crippen LogP contribution is 2.35. The monoisotopic (exact) mass is 256 g/mol. The van der Waals surface area contributed by atoms with Gasteiger partial charge in [0, 0.05) is 13.1 Å². The number of carbonyl (C=O) groups is 2. The molecule has 1 unspecified atom stereocenters. The lowest BCUT2D eigenvalue weighted by molar-refractivity contribution is -0.140. The topological polar surface area (TPSA) is 87.7 Å². The molecule has 1 saturated heterocycles. The van der Waals surface area contributed by atoms with Crippen LogP contribution in [0.1, 0.15) is 32.1 Å². The fourth-order valence-corrected chi connectivity index (χ4v) is 2.54. The number of hydrogen-bond donors (Lipinski definition) is 3. The van der Waals surface area contributed by atoms with Gasteiger partial charge < -0.3 is 20.5 Å². The minimum atomic E-state index is -0.856. The molecule has 2 fully saturated rings. The molecular formula is C12H20N2O4. The van der Waals surface area contributed by atoms with Gasteiger partial charge in [0.2, 0.25) is 5.91 Å². The highest BCUT2D eigenvalue weighted by Gasteiger charge is 2.40. The first-order chi connectivity index (χ1) is 8.60. The van der Waals surface area contributed by atoms with Crippen LogP contribution < -0.4 is 10.6 Å². The van der Waals surface area contributed by atoms with Crippen molar-refractivity contribution in [2.75, 3.05) is 19.7 Å². The zero-order valence-corrected chi connectivity index (χ0v) is 10.4. The number of hydrogen-bond acceptors (Lipinski definition) is 4. The Balaban J connectivity index is 1.80. The molecule has 2 rings (SSSR count). The Kier molecular flexibility index (Phi) is 4.19. The maximum absolute atomic E-state index is 11.9. The van der Waals surface area contributed by atoms with Crippen molar-refractivity contribution in [2.45, 2.75) is 43.7 Å². The van der Waals surface area contributed by atoms with E-state index in [9.17, 15) is 9.59 Å². The third-order valence-electron chi connectivity index (χ3n) is 3.62. The van der Waals surface area contributed by atoms with E-state index in [-0.39, 0.29) is 18.4 Å². The number of amides is 1. The smallest absolute Gasteiger partial charge is 0.305 e. The molecule has 6 nitrogen and oxygen atoms in total. The standard InChI is InChI=1S/C12H20N2O4/c15-10(6-9-8-13-4-5-18-9)14-12(2-1-3-12)7-11(16)17/h9,13H,1-8H2,(H,14,15)(H,16,17). The second-order valence-corrected chi connectivity index (χ2v) is 5.15. The van der Waals surface area contributed by atoms with Crippen LogP contribution in [0.2, 0.25) is 0 Å². The number of ether oxygens (including phenoxy) is 1. The minimum Gasteiger partial charge on any atom is -0.481 e. The zero-order chi connectivity index (χ0) is 13.0. The lowest BCUT2D eigenvalue weighted by Crippen LogP contribution is -2.55. The molecule has 1 heterocycles. The van der Waals surface area contributed by atoms with E-state index < -0.39 is 11.5 Å². The molecule has 3 N–H and O–H groups in total. The quantitative estimate of drug-likeness (QED) is 0.638. The number of rotatable bonds is 5. The van der Waals surface area contributed by atoms with Crippen LogP contribution >= 0.6 is 0 Å². The van der Waals surface area contributed by atoms with E-state index in [0.29, 0.717) is 19.6 Å². The van der Waals surface area contributed by atoms with Gasteiger partial charge in [0.05, 0.1) is 31.1 Å². The fourth-order valence-electron chi connectivity index (χ4n) is 2.54. The van der Waals surface area contributed by atoms with Gasteiger partial charge in [-0.3, -0.25) is 9.59 Å². The summed E-state index contributed by atoms with van der Waals surface area (Å²) < 4.78 is 5.46. The Hall–Kier alpha value is -1.14. The van der Waals surface area contributed by atoms with E-state index in [2.05, 4.69) is 10.6 Å². The van der Waals surface area contributed by atoms with Crippen LogP contribution in [0.4, 0.5) is 0 Å². The van der Waals surface area contributed by atoms with Crippen LogP contribution in [0.5, 0.6) is 0 Å². The van der Waals surface area contributed by atoms with Gasteiger partial charge in [-0.25, -0.2) is 0 Å². The van der Waals surface area contributed by atoms with Crippen molar-refractivity contribution >= 4 is 11.9 Å². The highest BCUT2D eigenvalue weighted by atomic mass is 16.5. The van der Waals surface area contributed by atoms with Crippen molar-refractivity contribution in [3.05, 3.63) is 0 Å². The molecule has 18 heavy (non-hydrogen) atoms. The summed E-state index contributed by atoms with van der Waals surface area (Å²) in [5.74, 6) is -0.963. The maximum atomic E-state index is 11.9. The van der Waals surface area contributed by atoms with Gasteiger partial charge in [-0.2, -0.15) is 0 Å². The summed E-state index contributed by atoms with van der Waals surface area (Å²) in [6, 6.07) is 0. The average molecular weight is 256 g/mol. The van der Waals surface area contributed by atoms with Crippen molar-refractivity contribution in [1.82, 2.24) is 10.6 Å². The predicted molar refractivity (Wildman–Crippen MR) is 64.2 cm³/mol. The normalized spacial score (nSPS) is 26.1. The molecule has 1 aliphatic carbocycles. The molecule has 1 saturated carbocycles. The molecular weight excluding hydrogens is 236 g/mol. The second-order valence-electron chi connectivity index (χ2n) is 5.15. The summed E-state index contributed by atoms with van der Waals surface area (Å²) in [6.45, 7) is 2.12. The van der Waals surface area contributed by atoms with Crippen molar-refractivity contribution in [2.24, 2.45) is 0 Å². The molecule has 2 aliphatic rings. The molecule has 102 valence electrons. The zero-order valence-electron chi connectivity index (χ0n) is 10.4. The fraction of sp³-hybridized carbons (Fsp3) is 0.833. The maximum Gasteiger partial charge on any atom is 0.305 e. The molecule has 0 aromatic rings. The number of carboxylic acid groups (broad SMARTS) is 1. The summed E-state index contributed by atoms with van der Waals surface area (Å²) >= 11 is 0. The molecule has 0 bridgehead atoms. The third-order valence-corrected chi connectivity index (χ3v) is 3.62. The number of carboxylic acids is 1. The number of aliphatic carboxylic acids is 1. The number of nitrogens with one attached hydrogen (secondary N) is 2. The van der Waals surface area contributed by atoms with Gasteiger partial charge in [-0.1, -0.05) is 0 Å². The minimum absolute atomic E-state index is 0.0164. The second kappa shape index (κ2) is 5.67. The summed E-state index contributed by atoms with van der Waals surface area (Å²) in [5, 5.41) is 14.9. The van der Waals surface area contributed by atoms with E-state index >= 15 is 0 Å². The summed E-state index contributed by atoms with van der Waals surface area (Å²) in [7, 11) is 0. The molecule has 0 aromatic carbocycles. The lowest BCUT2D eigenvalue weighted by atomic mass is 9.74. The van der Waals surface area contributed by atoms with E-state index in [1.165, 1.54) is 0 Å². The van der Waals surface area contributed by atoms with Crippen molar-refractivity contribution < 1.29 is 19.4 Å². The van der Waals surface area contributed by atoms with Crippen molar-refractivity contribution in [3.63, 3.8) is 0 Å². The van der Waals surface area contributed by atoms with Crippen LogP contribution in [0.3, 0.4) is 0 Å². The molecule has 0 spiro atoms. The summed E-state index contributed by atoms with van der Waals surface area (Å²) in [6.07, 6.45) is 2.72. The first kappa shape index (κ1) is 13.3. The molecule has 1 aliphatic heterocycles. The van der Waals surface area contributed by atoms with E-state index in [4.69, 9.17) is 9.84 Å². The molecule has 1 atom stereocenters. The van der Waals surface area contributed by atoms with E-state index in [1.54, 1.807) is 0 Å². The largest absolute Gasteiger partial charge is 0.481 e. The van der Waals surface area contributed by atoms with Crippen molar-refractivity contribution in [1.29, 1.82) is 0 Å². The van der Waals surface area contributed by atoms with Gasteiger partial charge in [0.15, 0.2) is 0 Å². The first-order valence-corrected chi connectivity index (χ1v) is 6.45. The average Bonchev–Trinajstić information content (AvgIpc) is 2.26. The van der Waals surface area contributed by atoms with Gasteiger partial charge in [0.1, 0.15) is 0 Å². The van der Waals surface area contributed by atoms with Gasteiger partial charge in [-0.05, 0) is 19.3 Å². The third kappa shape index (κ3) is 3.43. The van der Waals surface area contributed by atoms with E-state index in [1.807, 2.05) is 0 Å². The number of morpholine rings is 1. The van der Waals surface area contributed by atoms with Gasteiger partial charge in [-0.15, -0.1) is 0 Å². The summed E-state index contributed by atoms with van der Waals surface area (Å²) in [4.78, 5) is 22.7.